The first kappa shape index (κ1) is 23.3. The zero-order valence-corrected chi connectivity index (χ0v) is 20.4. The molecule has 0 aliphatic carbocycles. The first-order chi connectivity index (χ1) is 15.8. The lowest BCUT2D eigenvalue weighted by Crippen LogP contribution is -2.32. The molecule has 1 aliphatic heterocycles. The lowest BCUT2D eigenvalue weighted by molar-refractivity contribution is -0.120. The minimum Gasteiger partial charge on any atom is -0.350 e. The second kappa shape index (κ2) is 9.57. The number of carbonyl (C=O) groups excluding carboxylic acids is 3. The van der Waals surface area contributed by atoms with E-state index in [2.05, 4.69) is 26.6 Å². The van der Waals surface area contributed by atoms with E-state index >= 15 is 0 Å². The summed E-state index contributed by atoms with van der Waals surface area (Å²) in [5.74, 6) is -1.79. The van der Waals surface area contributed by atoms with Gasteiger partial charge in [-0.3, -0.25) is 14.4 Å². The lowest BCUT2D eigenvalue weighted by Gasteiger charge is -2.17. The number of benzene rings is 3. The number of hydrogen-bond acceptors (Lipinski definition) is 4. The number of imide groups is 1. The maximum Gasteiger partial charge on any atom is 0.283 e. The van der Waals surface area contributed by atoms with Crippen molar-refractivity contribution in [2.75, 3.05) is 15.5 Å². The van der Waals surface area contributed by atoms with Crippen molar-refractivity contribution >= 4 is 85.5 Å². The molecule has 0 radical (unpaired) electrons. The molecule has 1 aliphatic rings. The molecule has 4 rings (SSSR count). The fourth-order valence-electron chi connectivity index (χ4n) is 3.13. The van der Waals surface area contributed by atoms with Crippen LogP contribution in [0, 0.1) is 0 Å². The molecule has 166 valence electrons. The molecule has 3 amide bonds. The Hall–Kier alpha value is -2.84. The molecular weight excluding hydrogens is 553 g/mol. The van der Waals surface area contributed by atoms with Gasteiger partial charge in [-0.2, -0.15) is 0 Å². The first-order valence-corrected chi connectivity index (χ1v) is 11.4. The summed E-state index contributed by atoms with van der Waals surface area (Å²) < 4.78 is 0.736. The Bertz CT molecular complexity index is 1340. The SMILES string of the molecule is O=C(Nc1ccccc1Br)c1cccc(NC2=C(Cl)C(=O)N(c3cc(Cl)ccc3Cl)C2=O)c1. The fraction of sp³-hybridized carbons (Fsp3) is 0. The Morgan fingerprint density at radius 2 is 1.64 bits per heavy atom. The van der Waals surface area contributed by atoms with Crippen molar-refractivity contribution in [3.05, 3.63) is 97.5 Å². The normalized spacial score (nSPS) is 13.5. The summed E-state index contributed by atoms with van der Waals surface area (Å²) in [5, 5.41) is 5.81. The predicted octanol–water partition coefficient (Wildman–Crippen LogP) is 6.44. The van der Waals surface area contributed by atoms with Crippen LogP contribution in [0.15, 0.2) is 81.9 Å². The minimum absolute atomic E-state index is 0.121. The molecule has 0 aromatic heterocycles. The molecule has 0 bridgehead atoms. The molecule has 0 unspecified atom stereocenters. The molecule has 0 saturated carbocycles. The maximum absolute atomic E-state index is 13.0. The van der Waals surface area contributed by atoms with Gasteiger partial charge in [0.15, 0.2) is 0 Å². The zero-order valence-electron chi connectivity index (χ0n) is 16.5. The van der Waals surface area contributed by atoms with Crippen LogP contribution in [0.1, 0.15) is 10.4 Å². The van der Waals surface area contributed by atoms with Gasteiger partial charge in [0, 0.05) is 20.7 Å². The smallest absolute Gasteiger partial charge is 0.283 e. The highest BCUT2D eigenvalue weighted by Crippen LogP contribution is 2.36. The standard InChI is InChI=1S/C23H13BrCl3N3O3/c24-15-6-1-2-7-17(15)29-21(31)12-4-3-5-14(10-12)28-20-19(27)22(32)30(23(20)33)18-11-13(25)8-9-16(18)26/h1-11,28H,(H,29,31). The summed E-state index contributed by atoms with van der Waals surface area (Å²) in [4.78, 5) is 39.2. The van der Waals surface area contributed by atoms with Crippen molar-refractivity contribution in [1.29, 1.82) is 0 Å². The Labute approximate surface area is 212 Å². The largest absolute Gasteiger partial charge is 0.350 e. The number of halogens is 4. The Morgan fingerprint density at radius 3 is 2.39 bits per heavy atom. The van der Waals surface area contributed by atoms with Gasteiger partial charge in [-0.1, -0.05) is 53.0 Å². The highest BCUT2D eigenvalue weighted by atomic mass is 79.9. The van der Waals surface area contributed by atoms with Gasteiger partial charge in [0.1, 0.15) is 10.7 Å². The molecule has 2 N–H and O–H groups in total. The number of para-hydroxylation sites is 1. The third kappa shape index (κ3) is 4.77. The second-order valence-corrected chi connectivity index (χ2v) is 8.95. The van der Waals surface area contributed by atoms with Gasteiger partial charge < -0.3 is 10.6 Å². The molecule has 33 heavy (non-hydrogen) atoms. The molecule has 1 heterocycles. The van der Waals surface area contributed by atoms with Crippen LogP contribution in [0.4, 0.5) is 17.1 Å². The number of carbonyl (C=O) groups is 3. The van der Waals surface area contributed by atoms with Gasteiger partial charge in [-0.05, 0) is 64.5 Å². The van der Waals surface area contributed by atoms with Gasteiger partial charge >= 0.3 is 0 Å². The summed E-state index contributed by atoms with van der Waals surface area (Å²) in [6.45, 7) is 0. The van der Waals surface area contributed by atoms with E-state index in [1.165, 1.54) is 24.3 Å². The number of hydrogen-bond donors (Lipinski definition) is 2. The van der Waals surface area contributed by atoms with Gasteiger partial charge in [-0.25, -0.2) is 4.90 Å². The Balaban J connectivity index is 1.57. The number of anilines is 3. The van der Waals surface area contributed by atoms with Crippen LogP contribution in [0.25, 0.3) is 0 Å². The summed E-state index contributed by atoms with van der Waals surface area (Å²) in [7, 11) is 0. The zero-order chi connectivity index (χ0) is 23.7. The van der Waals surface area contributed by atoms with E-state index in [9.17, 15) is 14.4 Å². The van der Waals surface area contributed by atoms with E-state index in [-0.39, 0.29) is 27.3 Å². The van der Waals surface area contributed by atoms with Crippen LogP contribution in [0.5, 0.6) is 0 Å². The number of nitrogens with one attached hydrogen (secondary N) is 2. The molecule has 10 heteroatoms. The maximum atomic E-state index is 13.0. The summed E-state index contributed by atoms with van der Waals surface area (Å²) in [5.41, 5.74) is 1.32. The third-order valence-electron chi connectivity index (χ3n) is 4.69. The minimum atomic E-state index is -0.740. The molecule has 0 spiro atoms. The van der Waals surface area contributed by atoms with E-state index in [1.807, 2.05) is 12.1 Å². The van der Waals surface area contributed by atoms with Gasteiger partial charge in [0.25, 0.3) is 17.7 Å². The summed E-state index contributed by atoms with van der Waals surface area (Å²) in [6.07, 6.45) is 0. The van der Waals surface area contributed by atoms with Crippen LogP contribution in [-0.2, 0) is 9.59 Å². The van der Waals surface area contributed by atoms with E-state index in [0.717, 1.165) is 9.37 Å². The molecule has 0 fully saturated rings. The van der Waals surface area contributed by atoms with Crippen LogP contribution >= 0.6 is 50.7 Å². The van der Waals surface area contributed by atoms with Crippen LogP contribution in [0.3, 0.4) is 0 Å². The van der Waals surface area contributed by atoms with Gasteiger partial charge in [0.2, 0.25) is 0 Å². The highest BCUT2D eigenvalue weighted by molar-refractivity contribution is 9.10. The average Bonchev–Trinajstić information content (AvgIpc) is 3.00. The van der Waals surface area contributed by atoms with E-state index in [1.54, 1.807) is 30.3 Å². The number of amides is 3. The van der Waals surface area contributed by atoms with Crippen LogP contribution in [-0.4, -0.2) is 17.7 Å². The monoisotopic (exact) mass is 563 g/mol. The Kier molecular flexibility index (Phi) is 6.76. The van der Waals surface area contributed by atoms with Gasteiger partial charge in [0.05, 0.1) is 16.4 Å². The first-order valence-electron chi connectivity index (χ1n) is 9.43. The Morgan fingerprint density at radius 1 is 0.879 bits per heavy atom. The topological polar surface area (TPSA) is 78.5 Å². The van der Waals surface area contributed by atoms with E-state index in [4.69, 9.17) is 34.8 Å². The van der Waals surface area contributed by atoms with Crippen molar-refractivity contribution in [3.63, 3.8) is 0 Å². The van der Waals surface area contributed by atoms with E-state index in [0.29, 0.717) is 22.0 Å². The lowest BCUT2D eigenvalue weighted by atomic mass is 10.1. The molecule has 3 aromatic carbocycles. The van der Waals surface area contributed by atoms with Crippen molar-refractivity contribution in [2.45, 2.75) is 0 Å². The summed E-state index contributed by atoms with van der Waals surface area (Å²) in [6, 6.07) is 18.1. The number of rotatable bonds is 5. The summed E-state index contributed by atoms with van der Waals surface area (Å²) >= 11 is 21.7. The predicted molar refractivity (Wildman–Crippen MR) is 134 cm³/mol. The average molecular weight is 566 g/mol. The molecular formula is C23H13BrCl3N3O3. The molecule has 0 atom stereocenters. The van der Waals surface area contributed by atoms with Gasteiger partial charge in [-0.15, -0.1) is 0 Å². The van der Waals surface area contributed by atoms with Crippen molar-refractivity contribution in [3.8, 4) is 0 Å². The quantitative estimate of drug-likeness (QED) is 0.349. The third-order valence-corrected chi connectivity index (χ3v) is 6.29. The fourth-order valence-corrected chi connectivity index (χ4v) is 4.09. The van der Waals surface area contributed by atoms with E-state index < -0.39 is 11.8 Å². The highest BCUT2D eigenvalue weighted by Gasteiger charge is 2.40. The molecule has 6 nitrogen and oxygen atoms in total. The van der Waals surface area contributed by atoms with Crippen molar-refractivity contribution in [2.24, 2.45) is 0 Å². The van der Waals surface area contributed by atoms with Crippen molar-refractivity contribution in [1.82, 2.24) is 0 Å². The van der Waals surface area contributed by atoms with Crippen LogP contribution < -0.4 is 15.5 Å². The molecule has 0 saturated heterocycles. The van der Waals surface area contributed by atoms with Crippen LogP contribution in [0.2, 0.25) is 10.0 Å². The second-order valence-electron chi connectivity index (χ2n) is 6.87. The molecule has 3 aromatic rings. The number of nitrogens with zero attached hydrogens (tertiary/aromatic N) is 1. The van der Waals surface area contributed by atoms with Crippen molar-refractivity contribution < 1.29 is 14.4 Å².